The first-order valence-electron chi connectivity index (χ1n) is 9.00. The Morgan fingerprint density at radius 3 is 2.54 bits per heavy atom. The van der Waals surface area contributed by atoms with E-state index in [-0.39, 0.29) is 18.3 Å². The molecule has 0 spiro atoms. The van der Waals surface area contributed by atoms with Gasteiger partial charge in [0.2, 0.25) is 5.91 Å². The molecule has 3 aromatic rings. The van der Waals surface area contributed by atoms with E-state index in [1.807, 2.05) is 56.3 Å². The highest BCUT2D eigenvalue weighted by molar-refractivity contribution is 7.22. The van der Waals surface area contributed by atoms with E-state index >= 15 is 0 Å². The maximum atomic E-state index is 13.0. The fourth-order valence-corrected chi connectivity index (χ4v) is 4.38. The number of hydrogen-bond acceptors (Lipinski definition) is 4. The third-order valence-corrected chi connectivity index (χ3v) is 5.66. The molecular weight excluding hydrogens is 413 g/mol. The molecule has 0 saturated heterocycles. The topological polar surface area (TPSA) is 36.4 Å². The molecule has 4 nitrogen and oxygen atoms in total. The van der Waals surface area contributed by atoms with Gasteiger partial charge in [-0.2, -0.15) is 0 Å². The summed E-state index contributed by atoms with van der Waals surface area (Å²) in [7, 11) is 4.02. The number of aryl methyl sites for hydroxylation is 2. The summed E-state index contributed by atoms with van der Waals surface area (Å²) in [6.45, 7) is 3.40. The Balaban J connectivity index is 0.00000280. The van der Waals surface area contributed by atoms with Crippen molar-refractivity contribution < 1.29 is 4.79 Å². The summed E-state index contributed by atoms with van der Waals surface area (Å²) in [5, 5.41) is 1.45. The molecule has 0 N–H and O–H groups in total. The SMILES string of the molecule is Cc1cc(Cl)cc2sc(N(CCN(C)C)C(=O)CCc3ccccc3)nc12.Cl. The van der Waals surface area contributed by atoms with Crippen LogP contribution in [0.3, 0.4) is 0 Å². The summed E-state index contributed by atoms with van der Waals surface area (Å²) in [5.41, 5.74) is 3.12. The first-order chi connectivity index (χ1) is 12.9. The standard InChI is InChI=1S/C21H24ClN3OS.ClH/c1-15-13-17(22)14-18-20(15)23-21(27-18)25(12-11-24(2)3)19(26)10-9-16-7-5-4-6-8-16;/h4-8,13-14H,9-12H2,1-3H3;1H. The Hall–Kier alpha value is -1.66. The lowest BCUT2D eigenvalue weighted by Crippen LogP contribution is -2.36. The molecule has 0 saturated carbocycles. The Morgan fingerprint density at radius 2 is 1.86 bits per heavy atom. The van der Waals surface area contributed by atoms with Crippen molar-refractivity contribution in [3.05, 3.63) is 58.6 Å². The number of likely N-dealkylation sites (N-methyl/N-ethyl adjacent to an activating group) is 1. The zero-order chi connectivity index (χ0) is 19.4. The third-order valence-electron chi connectivity index (χ3n) is 4.41. The lowest BCUT2D eigenvalue weighted by atomic mass is 10.1. The summed E-state index contributed by atoms with van der Waals surface area (Å²) >= 11 is 7.71. The maximum absolute atomic E-state index is 13.0. The number of benzene rings is 2. The first kappa shape index (κ1) is 22.6. The molecule has 2 aromatic carbocycles. The van der Waals surface area contributed by atoms with Crippen molar-refractivity contribution in [1.29, 1.82) is 0 Å². The van der Waals surface area contributed by atoms with Gasteiger partial charge in [-0.15, -0.1) is 12.4 Å². The highest BCUT2D eigenvalue weighted by Crippen LogP contribution is 2.33. The normalized spacial score (nSPS) is 10.9. The maximum Gasteiger partial charge on any atom is 0.229 e. The lowest BCUT2D eigenvalue weighted by Gasteiger charge is -2.22. The van der Waals surface area contributed by atoms with Crippen LogP contribution in [0.5, 0.6) is 0 Å². The van der Waals surface area contributed by atoms with E-state index in [4.69, 9.17) is 16.6 Å². The van der Waals surface area contributed by atoms with Crippen LogP contribution in [0.2, 0.25) is 5.02 Å². The number of nitrogens with zero attached hydrogens (tertiary/aromatic N) is 3. The monoisotopic (exact) mass is 437 g/mol. The number of hydrogen-bond donors (Lipinski definition) is 0. The molecule has 0 bridgehead atoms. The van der Waals surface area contributed by atoms with E-state index in [0.29, 0.717) is 18.0 Å². The summed E-state index contributed by atoms with van der Waals surface area (Å²) in [6.07, 6.45) is 1.20. The molecule has 1 aromatic heterocycles. The zero-order valence-electron chi connectivity index (χ0n) is 16.3. The van der Waals surface area contributed by atoms with Gasteiger partial charge in [0.25, 0.3) is 0 Å². The van der Waals surface area contributed by atoms with E-state index in [1.54, 1.807) is 0 Å². The molecule has 0 fully saturated rings. The second kappa shape index (κ2) is 10.2. The van der Waals surface area contributed by atoms with Gasteiger partial charge in [0, 0.05) is 24.5 Å². The van der Waals surface area contributed by atoms with E-state index in [9.17, 15) is 4.79 Å². The average molecular weight is 438 g/mol. The van der Waals surface area contributed by atoms with Crippen LogP contribution in [-0.4, -0.2) is 43.0 Å². The van der Waals surface area contributed by atoms with Crippen LogP contribution in [0.15, 0.2) is 42.5 Å². The van der Waals surface area contributed by atoms with Crippen LogP contribution in [-0.2, 0) is 11.2 Å². The van der Waals surface area contributed by atoms with Gasteiger partial charge in [-0.05, 0) is 50.7 Å². The molecule has 3 rings (SSSR count). The van der Waals surface area contributed by atoms with Crippen molar-refractivity contribution in [2.75, 3.05) is 32.1 Å². The highest BCUT2D eigenvalue weighted by atomic mass is 35.5. The smallest absolute Gasteiger partial charge is 0.229 e. The lowest BCUT2D eigenvalue weighted by molar-refractivity contribution is -0.118. The number of rotatable bonds is 7. The highest BCUT2D eigenvalue weighted by Gasteiger charge is 2.20. The molecule has 0 aliphatic carbocycles. The first-order valence-corrected chi connectivity index (χ1v) is 10.2. The number of fused-ring (bicyclic) bond motifs is 1. The molecule has 1 heterocycles. The van der Waals surface area contributed by atoms with Crippen molar-refractivity contribution in [2.24, 2.45) is 0 Å². The van der Waals surface area contributed by atoms with Gasteiger partial charge >= 0.3 is 0 Å². The van der Waals surface area contributed by atoms with Crippen molar-refractivity contribution in [3.63, 3.8) is 0 Å². The molecule has 150 valence electrons. The van der Waals surface area contributed by atoms with Gasteiger partial charge in [0.1, 0.15) is 0 Å². The Labute approximate surface area is 181 Å². The molecule has 0 unspecified atom stereocenters. The van der Waals surface area contributed by atoms with Crippen LogP contribution in [0, 0.1) is 6.92 Å². The largest absolute Gasteiger partial charge is 0.308 e. The van der Waals surface area contributed by atoms with Crippen LogP contribution in [0.1, 0.15) is 17.5 Å². The van der Waals surface area contributed by atoms with Crippen molar-refractivity contribution in [3.8, 4) is 0 Å². The van der Waals surface area contributed by atoms with Gasteiger partial charge < -0.3 is 4.90 Å². The van der Waals surface area contributed by atoms with Crippen LogP contribution >= 0.6 is 35.3 Å². The molecule has 0 aliphatic rings. The number of halogens is 2. The van der Waals surface area contributed by atoms with Crippen LogP contribution in [0.25, 0.3) is 10.2 Å². The Kier molecular flexibility index (Phi) is 8.25. The van der Waals surface area contributed by atoms with Gasteiger partial charge in [-0.3, -0.25) is 9.69 Å². The van der Waals surface area contributed by atoms with Crippen LogP contribution < -0.4 is 4.90 Å². The van der Waals surface area contributed by atoms with E-state index < -0.39 is 0 Å². The molecule has 0 atom stereocenters. The summed E-state index contributed by atoms with van der Waals surface area (Å²) in [6, 6.07) is 13.9. The number of anilines is 1. The van der Waals surface area contributed by atoms with Crippen molar-refractivity contribution in [1.82, 2.24) is 9.88 Å². The minimum absolute atomic E-state index is 0. The molecule has 0 aliphatic heterocycles. The molecular formula is C21H25Cl2N3OS. The van der Waals surface area contributed by atoms with Gasteiger partial charge in [-0.25, -0.2) is 4.98 Å². The number of carbonyl (C=O) groups is 1. The number of thiazole rings is 1. The summed E-state index contributed by atoms with van der Waals surface area (Å²) < 4.78 is 1.01. The van der Waals surface area contributed by atoms with Crippen molar-refractivity contribution in [2.45, 2.75) is 19.8 Å². The number of amides is 1. The number of carbonyl (C=O) groups excluding carboxylic acids is 1. The minimum atomic E-state index is 0. The predicted octanol–water partition coefficient (Wildman–Crippen LogP) is 5.21. The van der Waals surface area contributed by atoms with Gasteiger partial charge in [0.05, 0.1) is 10.2 Å². The quantitative estimate of drug-likeness (QED) is 0.508. The fraction of sp³-hybridized carbons (Fsp3) is 0.333. The van der Waals surface area contributed by atoms with E-state index in [2.05, 4.69) is 17.0 Å². The summed E-state index contributed by atoms with van der Waals surface area (Å²) in [5.74, 6) is 0.100. The molecule has 1 amide bonds. The second-order valence-corrected chi connectivity index (χ2v) is 8.35. The van der Waals surface area contributed by atoms with E-state index in [1.165, 1.54) is 16.9 Å². The van der Waals surface area contributed by atoms with Gasteiger partial charge in [-0.1, -0.05) is 53.3 Å². The third kappa shape index (κ3) is 5.67. The predicted molar refractivity (Wildman–Crippen MR) is 122 cm³/mol. The molecule has 7 heteroatoms. The van der Waals surface area contributed by atoms with E-state index in [0.717, 1.165) is 33.9 Å². The molecule has 28 heavy (non-hydrogen) atoms. The Bertz CT molecular complexity index is 928. The average Bonchev–Trinajstić information content (AvgIpc) is 3.04. The zero-order valence-corrected chi connectivity index (χ0v) is 18.7. The second-order valence-electron chi connectivity index (χ2n) is 6.90. The van der Waals surface area contributed by atoms with Gasteiger partial charge in [0.15, 0.2) is 5.13 Å². The fourth-order valence-electron chi connectivity index (χ4n) is 2.92. The van der Waals surface area contributed by atoms with Crippen molar-refractivity contribution >= 4 is 56.6 Å². The summed E-state index contributed by atoms with van der Waals surface area (Å²) in [4.78, 5) is 21.7. The number of aromatic nitrogens is 1. The minimum Gasteiger partial charge on any atom is -0.308 e. The van der Waals surface area contributed by atoms with Crippen LogP contribution in [0.4, 0.5) is 5.13 Å². The Morgan fingerprint density at radius 1 is 1.14 bits per heavy atom. The molecule has 0 radical (unpaired) electrons.